The predicted octanol–water partition coefficient (Wildman–Crippen LogP) is 5.77. The van der Waals surface area contributed by atoms with Crippen LogP contribution < -0.4 is 0 Å². The SMILES string of the molecule is CO[C@@H]1[C@H](OC[C@H]2O[C@@H](OCc3ccccc3)[C@H](N3C(=O)c4ccccc4C3=O)[C@@H](OCc3ccccc3)[C@@H]2O)O[C@@H](C)[C@@H](OC(=O)c2ccccc2)[C@H]1OC(=O)c1ccccc1. The van der Waals surface area contributed by atoms with E-state index in [0.717, 1.165) is 16.0 Å². The Hall–Kier alpha value is -6.10. The Kier molecular flexibility index (Phi) is 13.8. The van der Waals surface area contributed by atoms with Crippen molar-refractivity contribution >= 4 is 23.8 Å². The lowest BCUT2D eigenvalue weighted by Crippen LogP contribution is -2.67. The summed E-state index contributed by atoms with van der Waals surface area (Å²) < 4.78 is 50.0. The summed E-state index contributed by atoms with van der Waals surface area (Å²) in [7, 11) is 1.37. The molecular formula is C49H47NO13. The maximum atomic E-state index is 14.1. The molecule has 5 aromatic carbocycles. The van der Waals surface area contributed by atoms with Gasteiger partial charge in [0.1, 0.15) is 30.5 Å². The van der Waals surface area contributed by atoms with E-state index in [2.05, 4.69) is 0 Å². The minimum atomic E-state index is -1.51. The Balaban J connectivity index is 1.08. The fourth-order valence-electron chi connectivity index (χ4n) is 8.01. The number of aliphatic hydroxyl groups excluding tert-OH is 1. The first-order valence-corrected chi connectivity index (χ1v) is 20.6. The number of fused-ring (bicyclic) bond motifs is 1. The Morgan fingerprint density at radius 3 is 1.57 bits per heavy atom. The molecule has 2 saturated heterocycles. The molecule has 0 radical (unpaired) electrons. The predicted molar refractivity (Wildman–Crippen MR) is 224 cm³/mol. The molecule has 2 fully saturated rings. The average Bonchev–Trinajstić information content (AvgIpc) is 3.57. The van der Waals surface area contributed by atoms with Crippen LogP contribution in [0.5, 0.6) is 0 Å². The van der Waals surface area contributed by atoms with Crippen molar-refractivity contribution in [1.29, 1.82) is 0 Å². The Labute approximate surface area is 364 Å². The molecule has 63 heavy (non-hydrogen) atoms. The van der Waals surface area contributed by atoms with Gasteiger partial charge in [0.05, 0.1) is 48.2 Å². The molecule has 1 N–H and O–H groups in total. The van der Waals surface area contributed by atoms with Crippen molar-refractivity contribution in [2.45, 2.75) is 81.5 Å². The minimum Gasteiger partial charge on any atom is -0.452 e. The second-order valence-electron chi connectivity index (χ2n) is 15.3. The topological polar surface area (TPSA) is 166 Å². The van der Waals surface area contributed by atoms with Crippen LogP contribution in [-0.2, 0) is 51.1 Å². The summed E-state index contributed by atoms with van der Waals surface area (Å²) in [6.07, 6.45) is -11.0. The molecule has 3 heterocycles. The lowest BCUT2D eigenvalue weighted by molar-refractivity contribution is -0.324. The highest BCUT2D eigenvalue weighted by Gasteiger charge is 2.56. The molecule has 14 heteroatoms. The highest BCUT2D eigenvalue weighted by molar-refractivity contribution is 6.21. The molecule has 0 saturated carbocycles. The number of hydrogen-bond acceptors (Lipinski definition) is 13. The minimum absolute atomic E-state index is 0.00771. The van der Waals surface area contributed by atoms with Gasteiger partial charge in [-0.25, -0.2) is 9.59 Å². The van der Waals surface area contributed by atoms with Crippen molar-refractivity contribution in [1.82, 2.24) is 4.90 Å². The van der Waals surface area contributed by atoms with Gasteiger partial charge in [-0.1, -0.05) is 109 Å². The third kappa shape index (κ3) is 9.62. The summed E-state index contributed by atoms with van der Waals surface area (Å²) in [5, 5.41) is 12.2. The van der Waals surface area contributed by atoms with Gasteiger partial charge in [0, 0.05) is 7.11 Å². The van der Waals surface area contributed by atoms with Gasteiger partial charge in [0.2, 0.25) is 0 Å². The van der Waals surface area contributed by atoms with Crippen molar-refractivity contribution in [3.63, 3.8) is 0 Å². The largest absolute Gasteiger partial charge is 0.452 e. The molecule has 3 aliphatic heterocycles. The maximum Gasteiger partial charge on any atom is 0.338 e. The molecule has 10 atom stereocenters. The normalized spacial score (nSPS) is 26.8. The standard InChI is InChI=1S/C49H47NO13/c1-30-40(62-46(54)33-21-11-5-12-22-33)42(63-47(55)34-23-13-6-14-24-34)43(56-2)49(60-30)59-29-37-39(51)41(57-27-31-17-7-3-8-18-31)38(48(61-37)58-28-32-19-9-4-10-20-32)50-44(52)35-25-15-16-26-36(35)45(50)53/h3-26,30,37-43,48-49,51H,27-29H2,1-2H3/t30-,37+,38+,39+,40+,41+,42+,43-,48+,49+/m0/s1. The lowest BCUT2D eigenvalue weighted by atomic mass is 9.94. The highest BCUT2D eigenvalue weighted by atomic mass is 16.7. The number of benzene rings is 5. The smallest absolute Gasteiger partial charge is 0.338 e. The van der Waals surface area contributed by atoms with E-state index in [0.29, 0.717) is 0 Å². The number of hydrogen-bond donors (Lipinski definition) is 1. The average molecular weight is 858 g/mol. The van der Waals surface area contributed by atoms with Crippen LogP contribution in [0.4, 0.5) is 0 Å². The molecule has 0 aliphatic carbocycles. The van der Waals surface area contributed by atoms with Gasteiger partial charge in [0.15, 0.2) is 24.8 Å². The number of rotatable bonds is 15. The van der Waals surface area contributed by atoms with Crippen molar-refractivity contribution in [2.24, 2.45) is 0 Å². The second-order valence-corrected chi connectivity index (χ2v) is 15.3. The van der Waals surface area contributed by atoms with Gasteiger partial charge < -0.3 is 43.0 Å². The molecule has 0 spiro atoms. The molecule has 0 unspecified atom stereocenters. The van der Waals surface area contributed by atoms with E-state index in [1.165, 1.54) is 7.11 Å². The van der Waals surface area contributed by atoms with Crippen molar-refractivity contribution in [3.8, 4) is 0 Å². The van der Waals surface area contributed by atoms with Gasteiger partial charge in [0.25, 0.3) is 11.8 Å². The molecule has 14 nitrogen and oxygen atoms in total. The van der Waals surface area contributed by atoms with E-state index in [1.54, 1.807) is 91.9 Å². The quantitative estimate of drug-likeness (QED) is 0.0998. The molecule has 2 amide bonds. The van der Waals surface area contributed by atoms with Gasteiger partial charge >= 0.3 is 11.9 Å². The number of amides is 2. The number of esters is 2. The van der Waals surface area contributed by atoms with Crippen molar-refractivity contribution < 1.29 is 62.2 Å². The Morgan fingerprint density at radius 2 is 1.05 bits per heavy atom. The lowest BCUT2D eigenvalue weighted by Gasteiger charge is -2.47. The van der Waals surface area contributed by atoms with E-state index in [1.807, 2.05) is 60.7 Å². The molecule has 3 aliphatic rings. The van der Waals surface area contributed by atoms with Crippen LogP contribution in [-0.4, -0.2) is 109 Å². The summed E-state index contributed by atoms with van der Waals surface area (Å²) in [4.78, 5) is 56.1. The number of imide groups is 1. The number of carbonyl (C=O) groups is 4. The molecule has 5 aromatic rings. The summed E-state index contributed by atoms with van der Waals surface area (Å²) in [6.45, 7) is 1.31. The van der Waals surface area contributed by atoms with Crippen LogP contribution in [0.3, 0.4) is 0 Å². The number of carbonyl (C=O) groups excluding carboxylic acids is 4. The number of aliphatic hydroxyl groups is 1. The van der Waals surface area contributed by atoms with E-state index in [-0.39, 0.29) is 42.1 Å². The first kappa shape index (κ1) is 43.5. The van der Waals surface area contributed by atoms with Gasteiger partial charge in [-0.05, 0) is 54.4 Å². The molecule has 0 aromatic heterocycles. The van der Waals surface area contributed by atoms with Gasteiger partial charge in [-0.15, -0.1) is 0 Å². The number of nitrogens with zero attached hydrogens (tertiary/aromatic N) is 1. The zero-order valence-corrected chi connectivity index (χ0v) is 34.5. The van der Waals surface area contributed by atoms with Crippen LogP contribution in [0.15, 0.2) is 146 Å². The fourth-order valence-corrected chi connectivity index (χ4v) is 8.01. The molecule has 0 bridgehead atoms. The third-order valence-electron chi connectivity index (χ3n) is 11.2. The van der Waals surface area contributed by atoms with Crippen LogP contribution in [0, 0.1) is 0 Å². The summed E-state index contributed by atoms with van der Waals surface area (Å²) >= 11 is 0. The molecule has 8 rings (SSSR count). The van der Waals surface area contributed by atoms with E-state index >= 15 is 0 Å². The first-order chi connectivity index (χ1) is 30.7. The Morgan fingerprint density at radius 1 is 0.571 bits per heavy atom. The van der Waals surface area contributed by atoms with Gasteiger partial charge in [-0.3, -0.25) is 14.5 Å². The van der Waals surface area contributed by atoms with E-state index in [4.69, 9.17) is 37.9 Å². The zero-order chi connectivity index (χ0) is 43.9. The third-order valence-corrected chi connectivity index (χ3v) is 11.2. The molecular weight excluding hydrogens is 811 g/mol. The first-order valence-electron chi connectivity index (χ1n) is 20.6. The van der Waals surface area contributed by atoms with Crippen LogP contribution in [0.25, 0.3) is 0 Å². The second kappa shape index (κ2) is 19.9. The van der Waals surface area contributed by atoms with Crippen molar-refractivity contribution in [2.75, 3.05) is 13.7 Å². The van der Waals surface area contributed by atoms with Crippen LogP contribution >= 0.6 is 0 Å². The fraction of sp³-hybridized carbons (Fsp3) is 0.306. The summed E-state index contributed by atoms with van der Waals surface area (Å²) in [6, 6.07) is 40.5. The number of methoxy groups -OCH3 is 1. The van der Waals surface area contributed by atoms with E-state index < -0.39 is 85.1 Å². The monoisotopic (exact) mass is 857 g/mol. The zero-order valence-electron chi connectivity index (χ0n) is 34.5. The molecule has 326 valence electrons. The van der Waals surface area contributed by atoms with E-state index in [9.17, 15) is 24.3 Å². The summed E-state index contributed by atoms with van der Waals surface area (Å²) in [5.74, 6) is -2.53. The van der Waals surface area contributed by atoms with Crippen LogP contribution in [0.1, 0.15) is 59.5 Å². The van der Waals surface area contributed by atoms with Crippen LogP contribution in [0.2, 0.25) is 0 Å². The Bertz CT molecular complexity index is 2300. The highest BCUT2D eigenvalue weighted by Crippen LogP contribution is 2.36. The maximum absolute atomic E-state index is 14.1. The van der Waals surface area contributed by atoms with Gasteiger partial charge in [-0.2, -0.15) is 0 Å². The summed E-state index contributed by atoms with van der Waals surface area (Å²) in [5.41, 5.74) is 2.51. The number of ether oxygens (including phenoxy) is 8. The van der Waals surface area contributed by atoms with Crippen molar-refractivity contribution in [3.05, 3.63) is 179 Å².